The summed E-state index contributed by atoms with van der Waals surface area (Å²) < 4.78 is 17.2. The van der Waals surface area contributed by atoms with Gasteiger partial charge < -0.3 is 24.3 Å². The summed E-state index contributed by atoms with van der Waals surface area (Å²) in [5, 5.41) is 10.4. The molecule has 2 N–H and O–H groups in total. The van der Waals surface area contributed by atoms with Crippen molar-refractivity contribution in [3.63, 3.8) is 0 Å². The van der Waals surface area contributed by atoms with Crippen molar-refractivity contribution in [2.24, 2.45) is 0 Å². The number of nitrogens with zero attached hydrogens (tertiary/aromatic N) is 2. The number of aliphatic hydroxyl groups is 1. The molecule has 0 amide bonds. The first kappa shape index (κ1) is 19.7. The molecule has 6 rings (SSSR count). The molecule has 2 fully saturated rings. The van der Waals surface area contributed by atoms with E-state index in [1.807, 2.05) is 30.3 Å². The van der Waals surface area contributed by atoms with Gasteiger partial charge in [-0.05, 0) is 17.2 Å². The topological polar surface area (TPSA) is 89.5 Å². The first-order valence-corrected chi connectivity index (χ1v) is 10.8. The molecule has 0 radical (unpaired) electrons. The van der Waals surface area contributed by atoms with E-state index in [0.29, 0.717) is 34.5 Å². The molecule has 2 aromatic carbocycles. The van der Waals surface area contributed by atoms with Crippen molar-refractivity contribution in [1.82, 2.24) is 15.0 Å². The van der Waals surface area contributed by atoms with Crippen LogP contribution in [-0.2, 0) is 9.47 Å². The van der Waals surface area contributed by atoms with Crippen molar-refractivity contribution in [2.75, 3.05) is 13.2 Å². The molecule has 0 bridgehead atoms. The third kappa shape index (κ3) is 3.43. The first-order valence-electron chi connectivity index (χ1n) is 10.5. The predicted molar refractivity (Wildman–Crippen MR) is 120 cm³/mol. The van der Waals surface area contributed by atoms with Crippen LogP contribution in [0.15, 0.2) is 60.7 Å². The normalized spacial score (nSPS) is 24.7. The summed E-state index contributed by atoms with van der Waals surface area (Å²) in [6.07, 6.45) is -1.64. The molecule has 0 saturated carbocycles. The number of aliphatic hydroxyl groups excluding tert-OH is 1. The SMILES string of the molecule is O[C@@H]1COC2C1OC[C@@H]2Oc1nc2nc(-c3ccc(-c4ccccc4)cc3)c(Cl)cc2[nH]1. The second kappa shape index (κ2) is 7.86. The van der Waals surface area contributed by atoms with Crippen LogP contribution in [0, 0.1) is 0 Å². The van der Waals surface area contributed by atoms with Crippen molar-refractivity contribution in [1.29, 1.82) is 0 Å². The lowest BCUT2D eigenvalue weighted by Crippen LogP contribution is -2.34. The van der Waals surface area contributed by atoms with Crippen LogP contribution in [0.1, 0.15) is 0 Å². The van der Waals surface area contributed by atoms with Gasteiger partial charge in [0, 0.05) is 5.56 Å². The Labute approximate surface area is 188 Å². The van der Waals surface area contributed by atoms with Crippen LogP contribution in [0.25, 0.3) is 33.5 Å². The monoisotopic (exact) mass is 449 g/mol. The highest BCUT2D eigenvalue weighted by Crippen LogP contribution is 2.33. The van der Waals surface area contributed by atoms with Crippen LogP contribution in [-0.4, -0.2) is 57.7 Å². The zero-order valence-electron chi connectivity index (χ0n) is 16.9. The van der Waals surface area contributed by atoms with Gasteiger partial charge in [0.15, 0.2) is 11.8 Å². The van der Waals surface area contributed by atoms with Gasteiger partial charge in [-0.2, -0.15) is 4.98 Å². The molecule has 4 aromatic rings. The molecule has 2 saturated heterocycles. The van der Waals surface area contributed by atoms with Gasteiger partial charge in [0.2, 0.25) is 0 Å². The van der Waals surface area contributed by atoms with Gasteiger partial charge in [-0.1, -0.05) is 66.2 Å². The highest BCUT2D eigenvalue weighted by Gasteiger charge is 2.48. The molecular weight excluding hydrogens is 430 g/mol. The van der Waals surface area contributed by atoms with E-state index in [0.717, 1.165) is 16.7 Å². The van der Waals surface area contributed by atoms with E-state index in [1.54, 1.807) is 6.07 Å². The van der Waals surface area contributed by atoms with Crippen molar-refractivity contribution >= 4 is 22.8 Å². The molecule has 0 aliphatic carbocycles. The highest BCUT2D eigenvalue weighted by molar-refractivity contribution is 6.33. The molecule has 32 heavy (non-hydrogen) atoms. The molecule has 2 aromatic heterocycles. The summed E-state index contributed by atoms with van der Waals surface area (Å²) in [5.74, 6) is 0. The highest BCUT2D eigenvalue weighted by atomic mass is 35.5. The van der Waals surface area contributed by atoms with Gasteiger partial charge >= 0.3 is 0 Å². The smallest absolute Gasteiger partial charge is 0.296 e. The summed E-state index contributed by atoms with van der Waals surface area (Å²) >= 11 is 6.54. The van der Waals surface area contributed by atoms with E-state index < -0.39 is 6.10 Å². The lowest BCUT2D eigenvalue weighted by molar-refractivity contribution is 0.00706. The van der Waals surface area contributed by atoms with E-state index in [4.69, 9.17) is 25.8 Å². The molecule has 2 unspecified atom stereocenters. The largest absolute Gasteiger partial charge is 0.456 e. The number of ether oxygens (including phenoxy) is 3. The Morgan fingerprint density at radius 3 is 2.44 bits per heavy atom. The van der Waals surface area contributed by atoms with E-state index in [9.17, 15) is 5.11 Å². The first-order chi connectivity index (χ1) is 15.7. The molecule has 162 valence electrons. The number of imidazole rings is 1. The quantitative estimate of drug-likeness (QED) is 0.492. The van der Waals surface area contributed by atoms with E-state index >= 15 is 0 Å². The van der Waals surface area contributed by atoms with Crippen LogP contribution in [0.5, 0.6) is 6.01 Å². The van der Waals surface area contributed by atoms with Crippen LogP contribution < -0.4 is 4.74 Å². The van der Waals surface area contributed by atoms with Crippen LogP contribution in [0.4, 0.5) is 0 Å². The minimum atomic E-state index is -0.624. The van der Waals surface area contributed by atoms with Crippen molar-refractivity contribution in [2.45, 2.75) is 24.4 Å². The average molecular weight is 450 g/mol. The van der Waals surface area contributed by atoms with E-state index in [2.05, 4.69) is 39.2 Å². The summed E-state index contributed by atoms with van der Waals surface area (Å²) in [6.45, 7) is 0.579. The van der Waals surface area contributed by atoms with E-state index in [1.165, 1.54) is 0 Å². The minimum absolute atomic E-state index is 0.249. The number of hydrogen-bond acceptors (Lipinski definition) is 6. The Hall–Kier alpha value is -2.97. The molecule has 4 heterocycles. The van der Waals surface area contributed by atoms with E-state index in [-0.39, 0.29) is 24.9 Å². The zero-order valence-corrected chi connectivity index (χ0v) is 17.7. The number of halogens is 1. The van der Waals surface area contributed by atoms with Gasteiger partial charge in [-0.25, -0.2) is 4.98 Å². The van der Waals surface area contributed by atoms with Gasteiger partial charge in [0.1, 0.15) is 18.3 Å². The van der Waals surface area contributed by atoms with Crippen LogP contribution in [0.3, 0.4) is 0 Å². The van der Waals surface area contributed by atoms with Crippen LogP contribution in [0.2, 0.25) is 5.02 Å². The zero-order chi connectivity index (χ0) is 21.7. The van der Waals surface area contributed by atoms with Crippen molar-refractivity contribution < 1.29 is 19.3 Å². The Kier molecular flexibility index (Phi) is 4.84. The third-order valence-electron chi connectivity index (χ3n) is 5.92. The average Bonchev–Trinajstić information content (AvgIpc) is 3.51. The lowest BCUT2D eigenvalue weighted by atomic mass is 10.0. The number of rotatable bonds is 4. The lowest BCUT2D eigenvalue weighted by Gasteiger charge is -2.15. The van der Waals surface area contributed by atoms with Gasteiger partial charge in [0.05, 0.1) is 29.4 Å². The van der Waals surface area contributed by atoms with Gasteiger partial charge in [0.25, 0.3) is 6.01 Å². The summed E-state index contributed by atoms with van der Waals surface area (Å²) in [6, 6.07) is 20.4. The van der Waals surface area contributed by atoms with Crippen molar-refractivity contribution in [3.05, 3.63) is 65.7 Å². The summed E-state index contributed by atoms with van der Waals surface area (Å²) in [5.41, 5.74) is 5.02. The number of nitrogens with one attached hydrogen (secondary N) is 1. The predicted octanol–water partition coefficient (Wildman–Crippen LogP) is 3.85. The van der Waals surface area contributed by atoms with Gasteiger partial charge in [-0.15, -0.1) is 0 Å². The maximum atomic E-state index is 9.90. The Balaban J connectivity index is 1.26. The fourth-order valence-corrected chi connectivity index (χ4v) is 4.55. The van der Waals surface area contributed by atoms with Gasteiger partial charge in [-0.3, -0.25) is 0 Å². The van der Waals surface area contributed by atoms with Crippen molar-refractivity contribution in [3.8, 4) is 28.4 Å². The number of pyridine rings is 1. The molecule has 8 heteroatoms. The Morgan fingerprint density at radius 2 is 1.62 bits per heavy atom. The number of aromatic amines is 1. The maximum Gasteiger partial charge on any atom is 0.296 e. The number of fused-ring (bicyclic) bond motifs is 2. The molecule has 2 aliphatic heterocycles. The second-order valence-electron chi connectivity index (χ2n) is 7.99. The number of benzene rings is 2. The standard InChI is InChI=1S/C24H20ClN3O4/c25-16-10-17-23(28-24(26-17)32-19-12-31-21-18(29)11-30-22(19)21)27-20(16)15-8-6-14(7-9-15)13-4-2-1-3-5-13/h1-10,18-19,21-22,29H,11-12H2,(H,26,27,28)/t18-,19+,21?,22?/m1/s1. The second-order valence-corrected chi connectivity index (χ2v) is 8.40. The van der Waals surface area contributed by atoms with Crippen LogP contribution >= 0.6 is 11.6 Å². The minimum Gasteiger partial charge on any atom is -0.456 e. The molecule has 7 nitrogen and oxygen atoms in total. The number of hydrogen-bond donors (Lipinski definition) is 2. The fraction of sp³-hybridized carbons (Fsp3) is 0.250. The number of aromatic nitrogens is 3. The fourth-order valence-electron chi connectivity index (χ4n) is 4.29. The molecule has 4 atom stereocenters. The summed E-state index contributed by atoms with van der Waals surface area (Å²) in [4.78, 5) is 12.3. The molecule has 0 spiro atoms. The number of H-pyrrole nitrogens is 1. The molecule has 2 aliphatic rings. The molecular formula is C24H20ClN3O4. The maximum absolute atomic E-state index is 9.90. The Bertz CT molecular complexity index is 1260. The summed E-state index contributed by atoms with van der Waals surface area (Å²) in [7, 11) is 0. The third-order valence-corrected chi connectivity index (χ3v) is 6.20. The Morgan fingerprint density at radius 1 is 0.906 bits per heavy atom.